The van der Waals surface area contributed by atoms with Crippen LogP contribution >= 0.6 is 15.9 Å². The average Bonchev–Trinajstić information content (AvgIpc) is 2.53. The molecule has 0 radical (unpaired) electrons. The van der Waals surface area contributed by atoms with E-state index in [2.05, 4.69) is 35.1 Å². The van der Waals surface area contributed by atoms with Crippen LogP contribution in [0.15, 0.2) is 22.7 Å². The van der Waals surface area contributed by atoms with Gasteiger partial charge >= 0.3 is 0 Å². The van der Waals surface area contributed by atoms with Crippen LogP contribution < -0.4 is 10.2 Å². The first-order valence-corrected chi connectivity index (χ1v) is 8.04. The average molecular weight is 353 g/mol. The van der Waals surface area contributed by atoms with E-state index in [1.54, 1.807) is 4.90 Å². The third-order valence-electron chi connectivity index (χ3n) is 3.63. The summed E-state index contributed by atoms with van der Waals surface area (Å²) in [4.78, 5) is 26.4. The smallest absolute Gasteiger partial charge is 0.249 e. The summed E-state index contributed by atoms with van der Waals surface area (Å²) < 4.78 is 0.930. The molecule has 21 heavy (non-hydrogen) atoms. The highest BCUT2D eigenvalue weighted by Crippen LogP contribution is 2.27. The Hall–Kier alpha value is -1.36. The van der Waals surface area contributed by atoms with E-state index < -0.39 is 6.04 Å². The molecule has 1 saturated heterocycles. The molecule has 0 saturated carbocycles. The molecule has 1 aliphatic heterocycles. The number of anilines is 1. The Morgan fingerprint density at radius 1 is 1.38 bits per heavy atom. The summed E-state index contributed by atoms with van der Waals surface area (Å²) in [6.07, 6.45) is 1.00. The Bertz CT molecular complexity index is 557. The number of carbonyl (C=O) groups is 2. The number of halogens is 1. The van der Waals surface area contributed by atoms with Crippen LogP contribution in [0.2, 0.25) is 0 Å². The standard InChI is InChI=1S/C16H21BrN2O2/c1-10(2)8-13-16(21)19(7-6-15(20)18-13)14-9-12(17)5-4-11(14)3/h4-5,9-10,13H,6-8H2,1-3H3,(H,18,20). The molecule has 2 amide bonds. The van der Waals surface area contributed by atoms with Gasteiger partial charge in [0.2, 0.25) is 11.8 Å². The highest BCUT2D eigenvalue weighted by atomic mass is 79.9. The van der Waals surface area contributed by atoms with Gasteiger partial charge in [0.25, 0.3) is 0 Å². The molecule has 1 unspecified atom stereocenters. The number of rotatable bonds is 3. The van der Waals surface area contributed by atoms with Gasteiger partial charge in [-0.05, 0) is 37.0 Å². The lowest BCUT2D eigenvalue weighted by Gasteiger charge is -2.26. The van der Waals surface area contributed by atoms with E-state index in [-0.39, 0.29) is 11.8 Å². The molecule has 5 heteroatoms. The van der Waals surface area contributed by atoms with Crippen LogP contribution in [0.4, 0.5) is 5.69 Å². The molecule has 4 nitrogen and oxygen atoms in total. The minimum absolute atomic E-state index is 0.0178. The fourth-order valence-corrected chi connectivity index (χ4v) is 2.93. The second-order valence-electron chi connectivity index (χ2n) is 5.92. The zero-order chi connectivity index (χ0) is 15.6. The van der Waals surface area contributed by atoms with Gasteiger partial charge in [0, 0.05) is 23.1 Å². The first-order chi connectivity index (χ1) is 9.88. The summed E-state index contributed by atoms with van der Waals surface area (Å²) in [5.74, 6) is 0.280. The van der Waals surface area contributed by atoms with Crippen LogP contribution in [0.1, 0.15) is 32.3 Å². The maximum Gasteiger partial charge on any atom is 0.249 e. The molecule has 1 aliphatic rings. The first kappa shape index (κ1) is 16.0. The summed E-state index contributed by atoms with van der Waals surface area (Å²) in [5, 5.41) is 2.85. The van der Waals surface area contributed by atoms with Gasteiger partial charge < -0.3 is 10.2 Å². The third kappa shape index (κ3) is 3.84. The van der Waals surface area contributed by atoms with Crippen LogP contribution in [0, 0.1) is 12.8 Å². The predicted molar refractivity (Wildman–Crippen MR) is 87.2 cm³/mol. The highest BCUT2D eigenvalue weighted by molar-refractivity contribution is 9.10. The fourth-order valence-electron chi connectivity index (χ4n) is 2.58. The summed E-state index contributed by atoms with van der Waals surface area (Å²) in [7, 11) is 0. The number of carbonyl (C=O) groups excluding carboxylic acids is 2. The summed E-state index contributed by atoms with van der Waals surface area (Å²) >= 11 is 3.45. The van der Waals surface area contributed by atoms with Crippen molar-refractivity contribution in [1.29, 1.82) is 0 Å². The van der Waals surface area contributed by atoms with Gasteiger partial charge in [-0.25, -0.2) is 0 Å². The molecular weight excluding hydrogens is 332 g/mol. The van der Waals surface area contributed by atoms with Crippen molar-refractivity contribution < 1.29 is 9.59 Å². The molecule has 2 rings (SSSR count). The molecule has 0 spiro atoms. The number of aryl methyl sites for hydroxylation is 1. The fraction of sp³-hybridized carbons (Fsp3) is 0.500. The van der Waals surface area contributed by atoms with Gasteiger partial charge in [0.05, 0.1) is 0 Å². The van der Waals surface area contributed by atoms with E-state index in [0.717, 1.165) is 15.7 Å². The zero-order valence-electron chi connectivity index (χ0n) is 12.6. The minimum atomic E-state index is -0.432. The first-order valence-electron chi connectivity index (χ1n) is 7.25. The maximum absolute atomic E-state index is 12.8. The maximum atomic E-state index is 12.8. The van der Waals surface area contributed by atoms with Gasteiger partial charge in [-0.1, -0.05) is 35.8 Å². The normalized spacial score (nSPS) is 19.7. The lowest BCUT2D eigenvalue weighted by atomic mass is 10.0. The van der Waals surface area contributed by atoms with E-state index in [0.29, 0.717) is 25.3 Å². The van der Waals surface area contributed by atoms with E-state index in [4.69, 9.17) is 0 Å². The Labute approximate surface area is 134 Å². The second kappa shape index (κ2) is 6.60. The molecule has 0 aromatic heterocycles. The molecule has 1 atom stereocenters. The Morgan fingerprint density at radius 2 is 2.10 bits per heavy atom. The number of hydrogen-bond donors (Lipinski definition) is 1. The lowest BCUT2D eigenvalue weighted by Crippen LogP contribution is -2.45. The monoisotopic (exact) mass is 352 g/mol. The van der Waals surface area contributed by atoms with Gasteiger partial charge in [-0.2, -0.15) is 0 Å². The largest absolute Gasteiger partial charge is 0.344 e. The van der Waals surface area contributed by atoms with Crippen LogP contribution in [0.5, 0.6) is 0 Å². The summed E-state index contributed by atoms with van der Waals surface area (Å²) in [6, 6.07) is 5.44. The number of nitrogens with one attached hydrogen (secondary N) is 1. The van der Waals surface area contributed by atoms with Gasteiger partial charge in [0.15, 0.2) is 0 Å². The molecule has 1 heterocycles. The van der Waals surface area contributed by atoms with Crippen LogP contribution in [0.3, 0.4) is 0 Å². The Kier molecular flexibility index (Phi) is 5.04. The van der Waals surface area contributed by atoms with E-state index >= 15 is 0 Å². The van der Waals surface area contributed by atoms with Crippen molar-refractivity contribution >= 4 is 33.4 Å². The molecule has 1 aromatic carbocycles. The van der Waals surface area contributed by atoms with E-state index in [9.17, 15) is 9.59 Å². The van der Waals surface area contributed by atoms with Crippen molar-refractivity contribution in [3.8, 4) is 0 Å². The molecule has 0 bridgehead atoms. The van der Waals surface area contributed by atoms with Crippen molar-refractivity contribution in [2.75, 3.05) is 11.4 Å². The SMILES string of the molecule is Cc1ccc(Br)cc1N1CCC(=O)NC(CC(C)C)C1=O. The van der Waals surface area contributed by atoms with E-state index in [1.807, 2.05) is 25.1 Å². The van der Waals surface area contributed by atoms with Gasteiger partial charge in [0.1, 0.15) is 6.04 Å². The van der Waals surface area contributed by atoms with Crippen LogP contribution in [-0.4, -0.2) is 24.4 Å². The van der Waals surface area contributed by atoms with Crippen LogP contribution in [-0.2, 0) is 9.59 Å². The van der Waals surface area contributed by atoms with Crippen molar-refractivity contribution in [3.63, 3.8) is 0 Å². The second-order valence-corrected chi connectivity index (χ2v) is 6.84. The number of hydrogen-bond acceptors (Lipinski definition) is 2. The predicted octanol–water partition coefficient (Wildman–Crippen LogP) is 3.03. The van der Waals surface area contributed by atoms with Crippen molar-refractivity contribution in [3.05, 3.63) is 28.2 Å². The van der Waals surface area contributed by atoms with Crippen molar-refractivity contribution in [2.45, 2.75) is 39.7 Å². The zero-order valence-corrected chi connectivity index (χ0v) is 14.2. The van der Waals surface area contributed by atoms with Crippen LogP contribution in [0.25, 0.3) is 0 Å². The molecule has 114 valence electrons. The topological polar surface area (TPSA) is 49.4 Å². The highest BCUT2D eigenvalue weighted by Gasteiger charge is 2.31. The molecular formula is C16H21BrN2O2. The minimum Gasteiger partial charge on any atom is -0.344 e. The van der Waals surface area contributed by atoms with Crippen molar-refractivity contribution in [1.82, 2.24) is 5.32 Å². The Balaban J connectivity index is 2.35. The summed E-state index contributed by atoms with van der Waals surface area (Å²) in [6.45, 7) is 6.52. The van der Waals surface area contributed by atoms with E-state index in [1.165, 1.54) is 0 Å². The third-order valence-corrected chi connectivity index (χ3v) is 4.12. The number of amides is 2. The Morgan fingerprint density at radius 3 is 2.76 bits per heavy atom. The molecule has 1 aromatic rings. The van der Waals surface area contributed by atoms with Gasteiger partial charge in [-0.3, -0.25) is 9.59 Å². The number of nitrogens with zero attached hydrogens (tertiary/aromatic N) is 1. The van der Waals surface area contributed by atoms with Gasteiger partial charge in [-0.15, -0.1) is 0 Å². The quantitative estimate of drug-likeness (QED) is 0.908. The molecule has 1 fully saturated rings. The lowest BCUT2D eigenvalue weighted by molar-refractivity contribution is -0.125. The van der Waals surface area contributed by atoms with Crippen molar-refractivity contribution in [2.24, 2.45) is 5.92 Å². The summed E-state index contributed by atoms with van der Waals surface area (Å²) in [5.41, 5.74) is 1.91. The molecule has 0 aliphatic carbocycles. The number of benzene rings is 1. The molecule has 1 N–H and O–H groups in total.